The summed E-state index contributed by atoms with van der Waals surface area (Å²) in [5.41, 5.74) is 0.420. The van der Waals surface area contributed by atoms with Crippen LogP contribution in [0.4, 0.5) is 0 Å². The first-order valence-electron chi connectivity index (χ1n) is 6.85. The Morgan fingerprint density at radius 2 is 1.53 bits per heavy atom. The van der Waals surface area contributed by atoms with Gasteiger partial charge in [0, 0.05) is 0 Å². The SMILES string of the molecule is C[CH]C(C)(C)C(C)CCCCCCCC. The van der Waals surface area contributed by atoms with E-state index in [4.69, 9.17) is 0 Å². The Balaban J connectivity index is 3.43. The second kappa shape index (κ2) is 8.19. The third-order valence-electron chi connectivity index (χ3n) is 4.00. The van der Waals surface area contributed by atoms with E-state index in [1.165, 1.54) is 44.9 Å². The highest BCUT2D eigenvalue weighted by molar-refractivity contribution is 4.85. The summed E-state index contributed by atoms with van der Waals surface area (Å²) in [7, 11) is 0. The van der Waals surface area contributed by atoms with Gasteiger partial charge >= 0.3 is 0 Å². The lowest BCUT2D eigenvalue weighted by Crippen LogP contribution is -2.20. The standard InChI is InChI=1S/C15H31/c1-6-8-9-10-11-12-13-14(3)15(4,5)7-2/h7,14H,6,8-13H2,1-5H3. The summed E-state index contributed by atoms with van der Waals surface area (Å²) < 4.78 is 0. The molecule has 0 aromatic carbocycles. The highest BCUT2D eigenvalue weighted by atomic mass is 14.3. The molecule has 0 heteroatoms. The van der Waals surface area contributed by atoms with Gasteiger partial charge in [0.25, 0.3) is 0 Å². The van der Waals surface area contributed by atoms with Crippen molar-refractivity contribution in [2.45, 2.75) is 79.6 Å². The molecule has 15 heavy (non-hydrogen) atoms. The molecular weight excluding hydrogens is 180 g/mol. The molecule has 1 unspecified atom stereocenters. The number of hydrogen-bond acceptors (Lipinski definition) is 0. The van der Waals surface area contributed by atoms with Crippen molar-refractivity contribution in [3.8, 4) is 0 Å². The van der Waals surface area contributed by atoms with Gasteiger partial charge < -0.3 is 0 Å². The third-order valence-corrected chi connectivity index (χ3v) is 4.00. The number of unbranched alkanes of at least 4 members (excludes halogenated alkanes) is 5. The fraction of sp³-hybridized carbons (Fsp3) is 0.933. The summed E-state index contributed by atoms with van der Waals surface area (Å²) in [6.45, 7) is 11.6. The minimum absolute atomic E-state index is 0.420. The summed E-state index contributed by atoms with van der Waals surface area (Å²) >= 11 is 0. The van der Waals surface area contributed by atoms with Crippen molar-refractivity contribution < 1.29 is 0 Å². The molecule has 0 aliphatic rings. The van der Waals surface area contributed by atoms with Gasteiger partial charge in [0.15, 0.2) is 0 Å². The van der Waals surface area contributed by atoms with Crippen LogP contribution < -0.4 is 0 Å². The van der Waals surface area contributed by atoms with E-state index in [1.807, 2.05) is 0 Å². The van der Waals surface area contributed by atoms with Gasteiger partial charge in [-0.3, -0.25) is 0 Å². The van der Waals surface area contributed by atoms with Crippen LogP contribution in [0.5, 0.6) is 0 Å². The Bertz CT molecular complexity index is 135. The minimum atomic E-state index is 0.420. The molecule has 0 nitrogen and oxygen atoms in total. The van der Waals surface area contributed by atoms with E-state index in [-0.39, 0.29) is 0 Å². The summed E-state index contributed by atoms with van der Waals surface area (Å²) in [5.74, 6) is 0.827. The van der Waals surface area contributed by atoms with Crippen LogP contribution in [0.1, 0.15) is 79.6 Å². The number of hydrogen-bond donors (Lipinski definition) is 0. The average Bonchev–Trinajstić information content (AvgIpc) is 2.22. The van der Waals surface area contributed by atoms with Gasteiger partial charge in [0.05, 0.1) is 0 Å². The second-order valence-corrected chi connectivity index (χ2v) is 5.57. The van der Waals surface area contributed by atoms with Crippen LogP contribution in [0.25, 0.3) is 0 Å². The predicted octanol–water partition coefficient (Wildman–Crippen LogP) is 5.62. The van der Waals surface area contributed by atoms with Crippen molar-refractivity contribution >= 4 is 0 Å². The van der Waals surface area contributed by atoms with Gasteiger partial charge in [-0.25, -0.2) is 0 Å². The smallest absolute Gasteiger partial charge is 0.0300 e. The van der Waals surface area contributed by atoms with Crippen LogP contribution in [0.3, 0.4) is 0 Å². The molecule has 0 N–H and O–H groups in total. The Kier molecular flexibility index (Phi) is 8.19. The average molecular weight is 211 g/mol. The zero-order chi connectivity index (χ0) is 11.7. The maximum Gasteiger partial charge on any atom is -0.0300 e. The molecule has 0 saturated heterocycles. The molecule has 91 valence electrons. The molecule has 0 spiro atoms. The van der Waals surface area contributed by atoms with E-state index in [0.29, 0.717) is 5.41 Å². The largest absolute Gasteiger partial charge is 0.0654 e. The van der Waals surface area contributed by atoms with Gasteiger partial charge in [0.2, 0.25) is 0 Å². The number of rotatable bonds is 9. The molecule has 0 rings (SSSR count). The lowest BCUT2D eigenvalue weighted by molar-refractivity contribution is 0.258. The van der Waals surface area contributed by atoms with Crippen LogP contribution in [-0.4, -0.2) is 0 Å². The van der Waals surface area contributed by atoms with E-state index in [2.05, 4.69) is 41.0 Å². The fourth-order valence-corrected chi connectivity index (χ4v) is 1.89. The fourth-order valence-electron chi connectivity index (χ4n) is 1.89. The highest BCUT2D eigenvalue weighted by Gasteiger charge is 2.22. The maximum absolute atomic E-state index is 2.39. The molecule has 0 fully saturated rings. The molecule has 1 radical (unpaired) electrons. The van der Waals surface area contributed by atoms with E-state index < -0.39 is 0 Å². The first-order valence-corrected chi connectivity index (χ1v) is 6.85. The molecule has 1 atom stereocenters. The molecule has 0 saturated carbocycles. The van der Waals surface area contributed by atoms with Gasteiger partial charge in [-0.1, -0.05) is 79.6 Å². The first kappa shape index (κ1) is 15.0. The summed E-state index contributed by atoms with van der Waals surface area (Å²) in [6.07, 6.45) is 12.3. The molecule has 0 aliphatic heterocycles. The zero-order valence-corrected chi connectivity index (χ0v) is 11.6. The van der Waals surface area contributed by atoms with Crippen LogP contribution in [0, 0.1) is 17.8 Å². The second-order valence-electron chi connectivity index (χ2n) is 5.57. The summed E-state index contributed by atoms with van der Waals surface area (Å²) in [5, 5.41) is 0. The van der Waals surface area contributed by atoms with E-state index in [9.17, 15) is 0 Å². The van der Waals surface area contributed by atoms with Gasteiger partial charge in [-0.05, 0) is 17.8 Å². The maximum atomic E-state index is 2.39. The van der Waals surface area contributed by atoms with E-state index in [0.717, 1.165) is 5.92 Å². The van der Waals surface area contributed by atoms with Crippen molar-refractivity contribution in [3.63, 3.8) is 0 Å². The van der Waals surface area contributed by atoms with Gasteiger partial charge in [0.1, 0.15) is 0 Å². The molecule has 0 aromatic heterocycles. The van der Waals surface area contributed by atoms with Crippen molar-refractivity contribution in [1.82, 2.24) is 0 Å². The minimum Gasteiger partial charge on any atom is -0.0654 e. The predicted molar refractivity (Wildman–Crippen MR) is 70.9 cm³/mol. The Labute approximate surface area is 97.8 Å². The molecule has 0 aliphatic carbocycles. The van der Waals surface area contributed by atoms with Crippen molar-refractivity contribution in [2.24, 2.45) is 11.3 Å². The van der Waals surface area contributed by atoms with Crippen molar-refractivity contribution in [3.05, 3.63) is 6.42 Å². The molecule has 0 amide bonds. The molecule has 0 bridgehead atoms. The Hall–Kier alpha value is 0. The normalized spacial score (nSPS) is 14.2. The van der Waals surface area contributed by atoms with Crippen LogP contribution in [0.2, 0.25) is 0 Å². The van der Waals surface area contributed by atoms with Crippen LogP contribution in [-0.2, 0) is 0 Å². The lowest BCUT2D eigenvalue weighted by atomic mass is 9.75. The van der Waals surface area contributed by atoms with Gasteiger partial charge in [-0.2, -0.15) is 0 Å². The topological polar surface area (TPSA) is 0 Å². The van der Waals surface area contributed by atoms with Gasteiger partial charge in [-0.15, -0.1) is 0 Å². The van der Waals surface area contributed by atoms with Crippen LogP contribution >= 0.6 is 0 Å². The molecule has 0 aromatic rings. The lowest BCUT2D eigenvalue weighted by Gasteiger charge is -2.30. The van der Waals surface area contributed by atoms with E-state index >= 15 is 0 Å². The van der Waals surface area contributed by atoms with Crippen molar-refractivity contribution in [1.29, 1.82) is 0 Å². The summed E-state index contributed by atoms with van der Waals surface area (Å²) in [4.78, 5) is 0. The van der Waals surface area contributed by atoms with Crippen molar-refractivity contribution in [2.75, 3.05) is 0 Å². The summed E-state index contributed by atoms with van der Waals surface area (Å²) in [6, 6.07) is 0. The zero-order valence-electron chi connectivity index (χ0n) is 11.6. The van der Waals surface area contributed by atoms with E-state index in [1.54, 1.807) is 0 Å². The quantitative estimate of drug-likeness (QED) is 0.434. The van der Waals surface area contributed by atoms with Crippen LogP contribution in [0.15, 0.2) is 0 Å². The first-order chi connectivity index (χ1) is 7.04. The highest BCUT2D eigenvalue weighted by Crippen LogP contribution is 2.32. The molecule has 0 heterocycles. The monoisotopic (exact) mass is 211 g/mol. The Morgan fingerprint density at radius 3 is 2.07 bits per heavy atom. The third kappa shape index (κ3) is 6.98. The molecular formula is C15H31. The Morgan fingerprint density at radius 1 is 1.00 bits per heavy atom.